The van der Waals surface area contributed by atoms with E-state index in [-0.39, 0.29) is 11.5 Å². The van der Waals surface area contributed by atoms with E-state index >= 15 is 0 Å². The third-order valence-electron chi connectivity index (χ3n) is 6.09. The fourth-order valence-electron chi connectivity index (χ4n) is 4.72. The molecule has 0 fully saturated rings. The number of rotatable bonds is 0. The minimum atomic E-state index is 0.00449. The maximum Gasteiger partial charge on any atom is 0.140 e. The molecule has 2 aromatic rings. The Kier molecular flexibility index (Phi) is 4.12. The number of ether oxygens (including phenoxy) is 1. The Morgan fingerprint density at radius 3 is 2.43 bits per heavy atom. The normalized spacial score (nSPS) is 22.9. The molecule has 2 aromatic carbocycles. The molecule has 0 amide bonds. The second-order valence-corrected chi connectivity index (χ2v) is 9.71. The van der Waals surface area contributed by atoms with Gasteiger partial charge in [-0.1, -0.05) is 52.0 Å². The predicted molar refractivity (Wildman–Crippen MR) is 120 cm³/mol. The van der Waals surface area contributed by atoms with Crippen LogP contribution < -0.4 is 4.74 Å². The topological polar surface area (TPSA) is 21.6 Å². The second-order valence-electron chi connectivity index (χ2n) is 9.71. The molecule has 2 atom stereocenters. The van der Waals surface area contributed by atoms with Gasteiger partial charge >= 0.3 is 0 Å². The molecule has 2 nitrogen and oxygen atoms in total. The maximum atomic E-state index is 6.56. The fraction of sp³-hybridized carbons (Fsp3) is 0.423. The smallest absolute Gasteiger partial charge is 0.140 e. The first-order valence-electron chi connectivity index (χ1n) is 10.3. The molecule has 2 heteroatoms. The third-order valence-corrected chi connectivity index (χ3v) is 6.09. The number of aliphatic imine (C=N–C) groups is 1. The Morgan fingerprint density at radius 1 is 1.11 bits per heavy atom. The Balaban J connectivity index is 2.15. The molecule has 2 aliphatic rings. The molecule has 2 aliphatic heterocycles. The summed E-state index contributed by atoms with van der Waals surface area (Å²) in [5.74, 6) is 2.15. The van der Waals surface area contributed by atoms with Crippen molar-refractivity contribution in [3.63, 3.8) is 0 Å². The van der Waals surface area contributed by atoms with Crippen LogP contribution >= 0.6 is 0 Å². The van der Waals surface area contributed by atoms with Gasteiger partial charge in [-0.05, 0) is 61.1 Å². The summed E-state index contributed by atoms with van der Waals surface area (Å²) < 4.78 is 6.56. The molecule has 0 aliphatic carbocycles. The van der Waals surface area contributed by atoms with Crippen LogP contribution in [0.3, 0.4) is 0 Å². The SMILES string of the molecule is C=C1C2=NC(C)C(C)c3c2c(c(C)c2c(C)cc(C)cc32)O/C1=C/C(C)(C)C. The van der Waals surface area contributed by atoms with Crippen LogP contribution in [0.25, 0.3) is 10.8 Å². The lowest BCUT2D eigenvalue weighted by atomic mass is 9.77. The molecule has 0 bridgehead atoms. The molecule has 28 heavy (non-hydrogen) atoms. The minimum Gasteiger partial charge on any atom is -0.456 e. The van der Waals surface area contributed by atoms with Gasteiger partial charge in [0.15, 0.2) is 0 Å². The molecular weight excluding hydrogens is 342 g/mol. The van der Waals surface area contributed by atoms with E-state index in [4.69, 9.17) is 9.73 Å². The van der Waals surface area contributed by atoms with Crippen molar-refractivity contribution in [2.24, 2.45) is 10.4 Å². The van der Waals surface area contributed by atoms with E-state index < -0.39 is 0 Å². The fourth-order valence-corrected chi connectivity index (χ4v) is 4.72. The van der Waals surface area contributed by atoms with E-state index in [9.17, 15) is 0 Å². The Hall–Kier alpha value is -2.35. The first-order chi connectivity index (χ1) is 13.0. The molecule has 0 N–H and O–H groups in total. The molecule has 0 spiro atoms. The summed E-state index contributed by atoms with van der Waals surface area (Å²) in [5, 5.41) is 2.67. The van der Waals surface area contributed by atoms with Crippen molar-refractivity contribution in [1.82, 2.24) is 0 Å². The first-order valence-corrected chi connectivity index (χ1v) is 10.3. The third kappa shape index (κ3) is 2.73. The number of fused-ring (bicyclic) bond motifs is 2. The van der Waals surface area contributed by atoms with Gasteiger partial charge in [0.1, 0.15) is 11.5 Å². The highest BCUT2D eigenvalue weighted by Crippen LogP contribution is 2.49. The van der Waals surface area contributed by atoms with E-state index in [1.54, 1.807) is 0 Å². The second kappa shape index (κ2) is 6.07. The van der Waals surface area contributed by atoms with Crippen molar-refractivity contribution in [3.05, 3.63) is 63.9 Å². The largest absolute Gasteiger partial charge is 0.456 e. The van der Waals surface area contributed by atoms with Crippen LogP contribution in [-0.2, 0) is 0 Å². The monoisotopic (exact) mass is 373 g/mol. The lowest BCUT2D eigenvalue weighted by molar-refractivity contribution is 0.407. The van der Waals surface area contributed by atoms with Crippen LogP contribution in [0.5, 0.6) is 5.75 Å². The standard InChI is InChI=1S/C26H31NO/c1-13-10-14(2)21-17(5)25-23-22(19(21)11-13)15(3)18(6)27-24(23)16(4)20(28-25)12-26(7,8)9/h10-12,15,18H,4H2,1-3,5-9H3/b20-12+. The lowest BCUT2D eigenvalue weighted by Crippen LogP contribution is -2.29. The number of aryl methyl sites for hydroxylation is 3. The van der Waals surface area contributed by atoms with E-state index in [0.717, 1.165) is 28.4 Å². The van der Waals surface area contributed by atoms with E-state index in [1.165, 1.54) is 33.0 Å². The zero-order chi connectivity index (χ0) is 20.5. The van der Waals surface area contributed by atoms with Crippen LogP contribution in [0.4, 0.5) is 0 Å². The summed E-state index contributed by atoms with van der Waals surface area (Å²) in [7, 11) is 0. The average molecular weight is 374 g/mol. The van der Waals surface area contributed by atoms with E-state index in [2.05, 4.69) is 80.2 Å². The van der Waals surface area contributed by atoms with Crippen LogP contribution in [0.2, 0.25) is 0 Å². The summed E-state index contributed by atoms with van der Waals surface area (Å²) in [6.45, 7) is 22.0. The van der Waals surface area contributed by atoms with Crippen molar-refractivity contribution in [2.45, 2.75) is 67.3 Å². The molecule has 0 radical (unpaired) electrons. The van der Waals surface area contributed by atoms with Gasteiger partial charge in [-0.15, -0.1) is 0 Å². The van der Waals surface area contributed by atoms with E-state index in [0.29, 0.717) is 5.92 Å². The van der Waals surface area contributed by atoms with E-state index in [1.807, 2.05) is 0 Å². The van der Waals surface area contributed by atoms with Gasteiger partial charge in [0, 0.05) is 22.6 Å². The molecule has 2 unspecified atom stereocenters. The highest BCUT2D eigenvalue weighted by molar-refractivity contribution is 6.21. The minimum absolute atomic E-state index is 0.00449. The summed E-state index contributed by atoms with van der Waals surface area (Å²) in [5.41, 5.74) is 8.27. The van der Waals surface area contributed by atoms with Crippen LogP contribution in [-0.4, -0.2) is 11.8 Å². The lowest BCUT2D eigenvalue weighted by Gasteiger charge is -2.36. The van der Waals surface area contributed by atoms with Crippen LogP contribution in [0.1, 0.15) is 68.4 Å². The van der Waals surface area contributed by atoms with Crippen LogP contribution in [0.15, 0.2) is 41.1 Å². The molecule has 2 heterocycles. The Labute approximate surface area is 169 Å². The van der Waals surface area contributed by atoms with Gasteiger partial charge in [0.25, 0.3) is 0 Å². The molecular formula is C26H31NO. The summed E-state index contributed by atoms with van der Waals surface area (Å²) in [4.78, 5) is 5.09. The van der Waals surface area contributed by atoms with Gasteiger partial charge in [-0.3, -0.25) is 4.99 Å². The molecule has 4 rings (SSSR count). The van der Waals surface area contributed by atoms with Crippen molar-refractivity contribution in [3.8, 4) is 5.75 Å². The molecule has 0 aromatic heterocycles. The zero-order valence-corrected chi connectivity index (χ0v) is 18.4. The zero-order valence-electron chi connectivity index (χ0n) is 18.4. The van der Waals surface area contributed by atoms with Gasteiger partial charge in [0.2, 0.25) is 0 Å². The van der Waals surface area contributed by atoms with Gasteiger partial charge < -0.3 is 4.74 Å². The highest BCUT2D eigenvalue weighted by atomic mass is 16.5. The maximum absolute atomic E-state index is 6.56. The molecule has 146 valence electrons. The number of allylic oxidation sites excluding steroid dienone is 2. The van der Waals surface area contributed by atoms with Crippen LogP contribution in [0, 0.1) is 26.2 Å². The van der Waals surface area contributed by atoms with Gasteiger partial charge in [-0.2, -0.15) is 0 Å². The summed E-state index contributed by atoms with van der Waals surface area (Å²) in [6.07, 6.45) is 2.18. The molecule has 0 saturated heterocycles. The summed E-state index contributed by atoms with van der Waals surface area (Å²) >= 11 is 0. The number of hydrogen-bond donors (Lipinski definition) is 0. The van der Waals surface area contributed by atoms with Gasteiger partial charge in [-0.25, -0.2) is 0 Å². The first kappa shape index (κ1) is 19.0. The number of hydrogen-bond acceptors (Lipinski definition) is 2. The van der Waals surface area contributed by atoms with Crippen molar-refractivity contribution < 1.29 is 4.74 Å². The number of nitrogens with zero attached hydrogens (tertiary/aromatic N) is 1. The quantitative estimate of drug-likeness (QED) is 0.490. The predicted octanol–water partition coefficient (Wildman–Crippen LogP) is 6.94. The van der Waals surface area contributed by atoms with Crippen molar-refractivity contribution in [2.75, 3.05) is 0 Å². The van der Waals surface area contributed by atoms with Gasteiger partial charge in [0.05, 0.1) is 11.8 Å². The average Bonchev–Trinajstić information content (AvgIpc) is 2.56. The Morgan fingerprint density at radius 2 is 1.79 bits per heavy atom. The molecule has 0 saturated carbocycles. The van der Waals surface area contributed by atoms with Crippen molar-refractivity contribution in [1.29, 1.82) is 0 Å². The number of benzene rings is 2. The van der Waals surface area contributed by atoms with Crippen molar-refractivity contribution >= 4 is 16.5 Å². The summed E-state index contributed by atoms with van der Waals surface area (Å²) in [6, 6.07) is 4.82. The Bertz CT molecular complexity index is 1090. The highest BCUT2D eigenvalue weighted by Gasteiger charge is 2.37.